The average molecular weight is 333 g/mol. The second-order valence-electron chi connectivity index (χ2n) is 6.73. The first-order valence-electron chi connectivity index (χ1n) is 8.57. The molecule has 1 saturated carbocycles. The summed E-state index contributed by atoms with van der Waals surface area (Å²) in [5.41, 5.74) is 6.05. The zero-order valence-corrected chi connectivity index (χ0v) is 14.0. The molecule has 1 aromatic rings. The molecule has 2 fully saturated rings. The summed E-state index contributed by atoms with van der Waals surface area (Å²) in [5, 5.41) is 0. The molecule has 2 aliphatic rings. The van der Waals surface area contributed by atoms with Crippen molar-refractivity contribution in [2.24, 2.45) is 17.6 Å². The van der Waals surface area contributed by atoms with Crippen molar-refractivity contribution in [3.05, 3.63) is 30.1 Å². The van der Waals surface area contributed by atoms with Gasteiger partial charge in [0.15, 0.2) is 0 Å². The third-order valence-electron chi connectivity index (χ3n) is 5.41. The van der Waals surface area contributed by atoms with Crippen molar-refractivity contribution in [1.82, 2.24) is 4.90 Å². The summed E-state index contributed by atoms with van der Waals surface area (Å²) in [6, 6.07) is 5.72. The Kier molecular flexibility index (Phi) is 4.85. The molecule has 0 bridgehead atoms. The van der Waals surface area contributed by atoms with E-state index in [4.69, 9.17) is 5.73 Å². The van der Waals surface area contributed by atoms with E-state index < -0.39 is 11.9 Å². The molecule has 1 heterocycles. The molecule has 3 atom stereocenters. The molecule has 2 N–H and O–H groups in total. The highest BCUT2D eigenvalue weighted by Gasteiger charge is 2.41. The van der Waals surface area contributed by atoms with Crippen LogP contribution in [0.1, 0.15) is 25.7 Å². The second-order valence-corrected chi connectivity index (χ2v) is 6.73. The first-order chi connectivity index (χ1) is 11.5. The van der Waals surface area contributed by atoms with Gasteiger partial charge in [-0.2, -0.15) is 0 Å². The van der Waals surface area contributed by atoms with Crippen molar-refractivity contribution in [2.75, 3.05) is 25.0 Å². The van der Waals surface area contributed by atoms with Crippen LogP contribution in [0.3, 0.4) is 0 Å². The minimum absolute atomic E-state index is 0.00307. The smallest absolute Gasteiger partial charge is 0.249 e. The van der Waals surface area contributed by atoms with Crippen LogP contribution in [0.4, 0.5) is 10.1 Å². The molecule has 1 unspecified atom stereocenters. The van der Waals surface area contributed by atoms with Gasteiger partial charge in [0.2, 0.25) is 11.8 Å². The number of hydrogen-bond acceptors (Lipinski definition) is 3. The summed E-state index contributed by atoms with van der Waals surface area (Å²) < 4.78 is 14.0. The molecule has 0 spiro atoms. The zero-order chi connectivity index (χ0) is 17.3. The third-order valence-corrected chi connectivity index (χ3v) is 5.41. The minimum atomic E-state index is -0.517. The molecule has 0 radical (unpaired) electrons. The number of carbonyl (C=O) groups excluding carboxylic acids is 2. The van der Waals surface area contributed by atoms with Crippen LogP contribution in [0.2, 0.25) is 0 Å². The molecule has 1 saturated heterocycles. The Bertz CT molecular complexity index is 636. The van der Waals surface area contributed by atoms with Gasteiger partial charge >= 0.3 is 0 Å². The summed E-state index contributed by atoms with van der Waals surface area (Å²) in [6.07, 6.45) is 3.34. The van der Waals surface area contributed by atoms with E-state index in [-0.39, 0.29) is 29.3 Å². The lowest BCUT2D eigenvalue weighted by Gasteiger charge is -2.28. The van der Waals surface area contributed by atoms with Crippen molar-refractivity contribution < 1.29 is 14.0 Å². The van der Waals surface area contributed by atoms with Crippen molar-refractivity contribution in [3.63, 3.8) is 0 Å². The molecule has 0 aromatic heterocycles. The normalized spacial score (nSPS) is 26.9. The molecule has 24 heavy (non-hydrogen) atoms. The maximum absolute atomic E-state index is 14.0. The number of para-hydroxylation sites is 1. The fraction of sp³-hybridized carbons (Fsp3) is 0.556. The van der Waals surface area contributed by atoms with Crippen LogP contribution in [-0.2, 0) is 9.59 Å². The summed E-state index contributed by atoms with van der Waals surface area (Å²) in [4.78, 5) is 28.5. The number of benzene rings is 1. The van der Waals surface area contributed by atoms with Crippen molar-refractivity contribution in [2.45, 2.75) is 31.7 Å². The number of anilines is 1. The summed E-state index contributed by atoms with van der Waals surface area (Å²) in [6.45, 7) is 0.928. The molecule has 5 nitrogen and oxygen atoms in total. The first-order valence-corrected chi connectivity index (χ1v) is 8.57. The second kappa shape index (κ2) is 6.89. The van der Waals surface area contributed by atoms with Gasteiger partial charge < -0.3 is 15.5 Å². The van der Waals surface area contributed by atoms with E-state index in [1.165, 1.54) is 11.0 Å². The number of carbonyl (C=O) groups is 2. The van der Waals surface area contributed by atoms with Gasteiger partial charge in [-0.3, -0.25) is 9.59 Å². The van der Waals surface area contributed by atoms with Crippen LogP contribution in [-0.4, -0.2) is 42.9 Å². The van der Waals surface area contributed by atoms with Crippen molar-refractivity contribution in [1.29, 1.82) is 0 Å². The van der Waals surface area contributed by atoms with Gasteiger partial charge in [-0.15, -0.1) is 0 Å². The van der Waals surface area contributed by atoms with Gasteiger partial charge in [0.25, 0.3) is 0 Å². The standard InChI is InChI=1S/C18H24FN3O2/c1-21(17(23)13-6-4-5-12(13)11-20)16-9-10-22(18(16)24)15-8-3-2-7-14(15)19/h2-3,7-8,12-13,16H,4-6,9-11,20H2,1H3/t12-,13-,16?/m1/s1. The summed E-state index contributed by atoms with van der Waals surface area (Å²) in [5.74, 6) is -0.510. The lowest BCUT2D eigenvalue weighted by Crippen LogP contribution is -2.46. The first kappa shape index (κ1) is 16.9. The molecule has 1 aliphatic heterocycles. The Morgan fingerprint density at radius 1 is 1.33 bits per heavy atom. The lowest BCUT2D eigenvalue weighted by atomic mass is 9.94. The van der Waals surface area contributed by atoms with Gasteiger partial charge in [0.1, 0.15) is 11.9 Å². The third kappa shape index (κ3) is 2.90. The highest BCUT2D eigenvalue weighted by molar-refractivity contribution is 6.01. The van der Waals surface area contributed by atoms with Crippen LogP contribution < -0.4 is 10.6 Å². The molecule has 1 aromatic carbocycles. The molecule has 2 amide bonds. The molecular formula is C18H24FN3O2. The highest BCUT2D eigenvalue weighted by Crippen LogP contribution is 2.34. The quantitative estimate of drug-likeness (QED) is 0.913. The Labute approximate surface area is 141 Å². The van der Waals surface area contributed by atoms with Crippen LogP contribution in [0, 0.1) is 17.7 Å². The Balaban J connectivity index is 1.73. The Morgan fingerprint density at radius 2 is 2.08 bits per heavy atom. The summed E-state index contributed by atoms with van der Waals surface area (Å²) in [7, 11) is 1.68. The molecule has 3 rings (SSSR count). The van der Waals surface area contributed by atoms with E-state index in [1.807, 2.05) is 0 Å². The fourth-order valence-electron chi connectivity index (χ4n) is 3.99. The van der Waals surface area contributed by atoms with Crippen molar-refractivity contribution >= 4 is 17.5 Å². The fourth-order valence-corrected chi connectivity index (χ4v) is 3.99. The monoisotopic (exact) mass is 333 g/mol. The largest absolute Gasteiger partial charge is 0.333 e. The lowest BCUT2D eigenvalue weighted by molar-refractivity contribution is -0.141. The van der Waals surface area contributed by atoms with Crippen LogP contribution in [0.5, 0.6) is 0 Å². The van der Waals surface area contributed by atoms with E-state index in [2.05, 4.69) is 0 Å². The van der Waals surface area contributed by atoms with E-state index >= 15 is 0 Å². The number of likely N-dealkylation sites (N-methyl/N-ethyl adjacent to an activating group) is 1. The number of nitrogens with zero attached hydrogens (tertiary/aromatic N) is 2. The van der Waals surface area contributed by atoms with Gasteiger partial charge in [-0.1, -0.05) is 18.6 Å². The van der Waals surface area contributed by atoms with Crippen molar-refractivity contribution in [3.8, 4) is 0 Å². The topological polar surface area (TPSA) is 66.6 Å². The maximum atomic E-state index is 14.0. The highest BCUT2D eigenvalue weighted by atomic mass is 19.1. The van der Waals surface area contributed by atoms with Crippen LogP contribution in [0.25, 0.3) is 0 Å². The Morgan fingerprint density at radius 3 is 2.79 bits per heavy atom. The summed E-state index contributed by atoms with van der Waals surface area (Å²) >= 11 is 0. The van der Waals surface area contributed by atoms with E-state index in [0.29, 0.717) is 19.5 Å². The SMILES string of the molecule is CN(C(=O)[C@@H]1CCC[C@@H]1CN)C1CCN(c2ccccc2F)C1=O. The van der Waals surface area contributed by atoms with Gasteiger partial charge in [0, 0.05) is 19.5 Å². The number of amides is 2. The molecule has 6 heteroatoms. The molecule has 130 valence electrons. The predicted molar refractivity (Wildman–Crippen MR) is 89.8 cm³/mol. The predicted octanol–water partition coefficient (Wildman–Crippen LogP) is 1.76. The van der Waals surface area contributed by atoms with Crippen LogP contribution in [0.15, 0.2) is 24.3 Å². The average Bonchev–Trinajstić information content (AvgIpc) is 3.20. The van der Waals surface area contributed by atoms with Gasteiger partial charge in [-0.25, -0.2) is 4.39 Å². The number of halogens is 1. The van der Waals surface area contributed by atoms with E-state index in [0.717, 1.165) is 19.3 Å². The van der Waals surface area contributed by atoms with E-state index in [1.54, 1.807) is 30.1 Å². The number of hydrogen-bond donors (Lipinski definition) is 1. The number of nitrogens with two attached hydrogens (primary N) is 1. The van der Waals surface area contributed by atoms with E-state index in [9.17, 15) is 14.0 Å². The minimum Gasteiger partial charge on any atom is -0.333 e. The maximum Gasteiger partial charge on any atom is 0.249 e. The van der Waals surface area contributed by atoms with Gasteiger partial charge in [-0.05, 0) is 43.9 Å². The number of rotatable bonds is 4. The molecular weight excluding hydrogens is 309 g/mol. The van der Waals surface area contributed by atoms with Crippen LogP contribution >= 0.6 is 0 Å². The van der Waals surface area contributed by atoms with Gasteiger partial charge in [0.05, 0.1) is 5.69 Å². The molecule has 1 aliphatic carbocycles. The Hall–Kier alpha value is -1.95. The zero-order valence-electron chi connectivity index (χ0n) is 14.0.